The summed E-state index contributed by atoms with van der Waals surface area (Å²) in [5, 5.41) is 1.75. The Balaban J connectivity index is 1.66. The molecule has 2 heterocycles. The number of benzene rings is 1. The van der Waals surface area contributed by atoms with Crippen LogP contribution in [0.25, 0.3) is 0 Å². The van der Waals surface area contributed by atoms with Crippen LogP contribution in [0.15, 0.2) is 44.8 Å². The van der Waals surface area contributed by atoms with Crippen molar-refractivity contribution in [2.75, 3.05) is 19.7 Å². The zero-order valence-electron chi connectivity index (χ0n) is 17.2. The van der Waals surface area contributed by atoms with Crippen LogP contribution in [-0.4, -0.2) is 46.9 Å². The summed E-state index contributed by atoms with van der Waals surface area (Å²) in [6, 6.07) is 7.89. The molecule has 1 saturated heterocycles. The van der Waals surface area contributed by atoms with E-state index < -0.39 is 20.0 Å². The molecule has 166 valence electrons. The molecule has 1 aromatic heterocycles. The van der Waals surface area contributed by atoms with Gasteiger partial charge in [-0.1, -0.05) is 12.5 Å². The summed E-state index contributed by atoms with van der Waals surface area (Å²) in [6.45, 7) is 4.83. The van der Waals surface area contributed by atoms with Crippen molar-refractivity contribution in [3.63, 3.8) is 0 Å². The van der Waals surface area contributed by atoms with E-state index in [0.717, 1.165) is 24.8 Å². The lowest BCUT2D eigenvalue weighted by Crippen LogP contribution is -2.44. The summed E-state index contributed by atoms with van der Waals surface area (Å²) < 4.78 is 61.2. The molecule has 0 bridgehead atoms. The number of hydrogen-bond acceptors (Lipinski definition) is 6. The molecule has 7 nitrogen and oxygen atoms in total. The van der Waals surface area contributed by atoms with E-state index in [-0.39, 0.29) is 17.5 Å². The summed E-state index contributed by atoms with van der Waals surface area (Å²) in [4.78, 5) is 0.176. The average Bonchev–Trinajstić information content (AvgIpc) is 3.25. The highest BCUT2D eigenvalue weighted by atomic mass is 32.2. The highest BCUT2D eigenvalue weighted by Gasteiger charge is 2.34. The van der Waals surface area contributed by atoms with Gasteiger partial charge < -0.3 is 4.74 Å². The lowest BCUT2D eigenvalue weighted by atomic mass is 10.0. The fourth-order valence-electron chi connectivity index (χ4n) is 3.65. The molecule has 3 rings (SSSR count). The first-order valence-corrected chi connectivity index (χ1v) is 13.8. The van der Waals surface area contributed by atoms with Gasteiger partial charge in [-0.25, -0.2) is 21.6 Å². The van der Waals surface area contributed by atoms with E-state index in [1.807, 2.05) is 6.92 Å². The van der Waals surface area contributed by atoms with Crippen LogP contribution in [0.3, 0.4) is 0 Å². The maximum absolute atomic E-state index is 12.9. The van der Waals surface area contributed by atoms with Crippen molar-refractivity contribution in [1.82, 2.24) is 9.03 Å². The van der Waals surface area contributed by atoms with Crippen molar-refractivity contribution < 1.29 is 21.6 Å². The van der Waals surface area contributed by atoms with Crippen LogP contribution in [0.2, 0.25) is 0 Å². The van der Waals surface area contributed by atoms with Gasteiger partial charge >= 0.3 is 0 Å². The SMILES string of the molecule is CCOc1ccc(S(=O)(=O)NCCC2CCCCN2S(=O)(=O)c2cccs2)cc1C. The molecule has 1 N–H and O–H groups in total. The van der Waals surface area contributed by atoms with Gasteiger partial charge in [0, 0.05) is 19.1 Å². The van der Waals surface area contributed by atoms with E-state index in [2.05, 4.69) is 4.72 Å². The molecule has 30 heavy (non-hydrogen) atoms. The van der Waals surface area contributed by atoms with Gasteiger partial charge in [-0.15, -0.1) is 11.3 Å². The number of rotatable bonds is 9. The molecule has 10 heteroatoms. The molecule has 1 aliphatic heterocycles. The number of hydrogen-bond donors (Lipinski definition) is 1. The molecule has 1 aromatic carbocycles. The zero-order valence-corrected chi connectivity index (χ0v) is 19.7. The Labute approximate surface area is 183 Å². The number of sulfonamides is 2. The minimum atomic E-state index is -3.68. The van der Waals surface area contributed by atoms with Crippen LogP contribution in [0.1, 0.15) is 38.2 Å². The summed E-state index contributed by atoms with van der Waals surface area (Å²) in [5.41, 5.74) is 0.750. The highest BCUT2D eigenvalue weighted by molar-refractivity contribution is 7.91. The van der Waals surface area contributed by atoms with E-state index in [1.54, 1.807) is 36.6 Å². The van der Waals surface area contributed by atoms with Gasteiger partial charge in [-0.05, 0) is 68.3 Å². The Kier molecular flexibility index (Phi) is 7.56. The van der Waals surface area contributed by atoms with Crippen LogP contribution in [0, 0.1) is 6.92 Å². The predicted molar refractivity (Wildman–Crippen MR) is 118 cm³/mol. The number of piperidine rings is 1. The molecule has 1 atom stereocenters. The molecule has 2 aromatic rings. The minimum absolute atomic E-state index is 0.176. The summed E-state index contributed by atoms with van der Waals surface area (Å²) >= 11 is 1.21. The van der Waals surface area contributed by atoms with Crippen LogP contribution < -0.4 is 9.46 Å². The molecule has 0 spiro atoms. The summed E-state index contributed by atoms with van der Waals surface area (Å²) in [5.74, 6) is 0.660. The third kappa shape index (κ3) is 5.23. The van der Waals surface area contributed by atoms with E-state index in [1.165, 1.54) is 21.7 Å². The number of nitrogens with one attached hydrogen (secondary N) is 1. The van der Waals surface area contributed by atoms with E-state index in [0.29, 0.717) is 29.5 Å². The van der Waals surface area contributed by atoms with Gasteiger partial charge in [0.15, 0.2) is 0 Å². The molecule has 1 aliphatic rings. The van der Waals surface area contributed by atoms with Crippen molar-refractivity contribution in [3.8, 4) is 5.75 Å². The quantitative estimate of drug-likeness (QED) is 0.604. The number of aryl methyl sites for hydroxylation is 1. The second-order valence-electron chi connectivity index (χ2n) is 7.24. The van der Waals surface area contributed by atoms with Gasteiger partial charge in [0.1, 0.15) is 9.96 Å². The van der Waals surface area contributed by atoms with Crippen molar-refractivity contribution in [1.29, 1.82) is 0 Å². The molecule has 1 unspecified atom stereocenters. The summed E-state index contributed by atoms with van der Waals surface area (Å²) in [7, 11) is -7.22. The lowest BCUT2D eigenvalue weighted by molar-refractivity contribution is 0.242. The molecule has 0 radical (unpaired) electrons. The van der Waals surface area contributed by atoms with Crippen LogP contribution in [0.4, 0.5) is 0 Å². The maximum Gasteiger partial charge on any atom is 0.252 e. The van der Waals surface area contributed by atoms with Crippen molar-refractivity contribution in [2.45, 2.75) is 54.7 Å². The Bertz CT molecular complexity index is 1050. The smallest absolute Gasteiger partial charge is 0.252 e. The fraction of sp³-hybridized carbons (Fsp3) is 0.500. The zero-order chi connectivity index (χ0) is 21.8. The van der Waals surface area contributed by atoms with Gasteiger partial charge in [-0.3, -0.25) is 0 Å². The largest absolute Gasteiger partial charge is 0.494 e. The van der Waals surface area contributed by atoms with Gasteiger partial charge in [0.25, 0.3) is 10.0 Å². The highest BCUT2D eigenvalue weighted by Crippen LogP contribution is 2.29. The van der Waals surface area contributed by atoms with Crippen LogP contribution in [-0.2, 0) is 20.0 Å². The van der Waals surface area contributed by atoms with Gasteiger partial charge in [0.05, 0.1) is 11.5 Å². The average molecular weight is 473 g/mol. The van der Waals surface area contributed by atoms with E-state index >= 15 is 0 Å². The maximum atomic E-state index is 12.9. The standard InChI is InChI=1S/C20H28N2O5S3/c1-3-27-19-10-9-18(15-16(19)2)29(23,24)21-12-11-17-7-4-5-13-22(17)30(25,26)20-8-6-14-28-20/h6,8-10,14-15,17,21H,3-5,7,11-13H2,1-2H3. The van der Waals surface area contributed by atoms with Crippen LogP contribution in [0.5, 0.6) is 5.75 Å². The third-order valence-electron chi connectivity index (χ3n) is 5.16. The molecule has 0 amide bonds. The number of nitrogens with zero attached hydrogens (tertiary/aromatic N) is 1. The second-order valence-corrected chi connectivity index (χ2v) is 12.1. The monoisotopic (exact) mass is 472 g/mol. The normalized spacial score (nSPS) is 18.4. The molecular weight excluding hydrogens is 444 g/mol. The van der Waals surface area contributed by atoms with Crippen molar-refractivity contribution in [2.24, 2.45) is 0 Å². The predicted octanol–water partition coefficient (Wildman–Crippen LogP) is 3.37. The first-order valence-electron chi connectivity index (χ1n) is 10.0. The van der Waals surface area contributed by atoms with E-state index in [9.17, 15) is 16.8 Å². The Morgan fingerprint density at radius 2 is 2.00 bits per heavy atom. The Morgan fingerprint density at radius 1 is 1.20 bits per heavy atom. The first kappa shape index (κ1) is 23.2. The van der Waals surface area contributed by atoms with E-state index in [4.69, 9.17) is 4.74 Å². The third-order valence-corrected chi connectivity index (χ3v) is 9.94. The number of thiophene rings is 1. The lowest BCUT2D eigenvalue weighted by Gasteiger charge is -2.34. The molecule has 0 saturated carbocycles. The molecule has 0 aliphatic carbocycles. The first-order chi connectivity index (χ1) is 14.3. The van der Waals surface area contributed by atoms with Gasteiger partial charge in [0.2, 0.25) is 10.0 Å². The number of ether oxygens (including phenoxy) is 1. The topological polar surface area (TPSA) is 92.8 Å². The fourth-order valence-corrected chi connectivity index (χ4v) is 7.63. The van der Waals surface area contributed by atoms with Crippen molar-refractivity contribution in [3.05, 3.63) is 41.3 Å². The summed E-state index contributed by atoms with van der Waals surface area (Å²) in [6.07, 6.45) is 2.92. The second kappa shape index (κ2) is 9.78. The van der Waals surface area contributed by atoms with Crippen LogP contribution >= 0.6 is 11.3 Å². The molecule has 1 fully saturated rings. The Hall–Kier alpha value is -1.46. The molecular formula is C20H28N2O5S3. The Morgan fingerprint density at radius 3 is 2.67 bits per heavy atom. The van der Waals surface area contributed by atoms with Gasteiger partial charge in [-0.2, -0.15) is 4.31 Å². The van der Waals surface area contributed by atoms with Crippen molar-refractivity contribution >= 4 is 31.4 Å². The minimum Gasteiger partial charge on any atom is -0.494 e.